The molecule has 0 saturated carbocycles. The van der Waals surface area contributed by atoms with E-state index in [2.05, 4.69) is 0 Å². The van der Waals surface area contributed by atoms with Gasteiger partial charge in [-0.25, -0.2) is 14.2 Å². The Balaban J connectivity index is 1.31. The number of rotatable bonds is 9. The molecule has 6 rings (SSSR count). The van der Waals surface area contributed by atoms with E-state index in [1.807, 2.05) is 60.9 Å². The molecular weight excluding hydrogens is 587 g/mol. The van der Waals surface area contributed by atoms with Gasteiger partial charge in [-0.1, -0.05) is 18.2 Å². The summed E-state index contributed by atoms with van der Waals surface area (Å²) in [6, 6.07) is 19.0. The van der Waals surface area contributed by atoms with Gasteiger partial charge in [-0.2, -0.15) is 0 Å². The maximum atomic E-state index is 13.8. The van der Waals surface area contributed by atoms with Crippen molar-refractivity contribution in [2.45, 2.75) is 26.7 Å². The highest BCUT2D eigenvalue weighted by Crippen LogP contribution is 2.42. The lowest BCUT2D eigenvalue weighted by molar-refractivity contribution is 0.0475. The minimum atomic E-state index is -0.579. The van der Waals surface area contributed by atoms with E-state index in [-0.39, 0.29) is 11.6 Å². The van der Waals surface area contributed by atoms with Gasteiger partial charge in [-0.05, 0) is 98.0 Å². The highest BCUT2D eigenvalue weighted by molar-refractivity contribution is 6.08. The molecule has 3 aromatic carbocycles. The van der Waals surface area contributed by atoms with E-state index in [0.29, 0.717) is 63.5 Å². The number of hydrogen-bond donors (Lipinski definition) is 0. The molecule has 0 saturated heterocycles. The van der Waals surface area contributed by atoms with Crippen LogP contribution in [0, 0.1) is 19.7 Å². The van der Waals surface area contributed by atoms with Crippen LogP contribution in [0.2, 0.25) is 0 Å². The number of fused-ring (bicyclic) bond motifs is 2. The highest BCUT2D eigenvalue weighted by atomic mass is 19.1. The van der Waals surface area contributed by atoms with Crippen LogP contribution >= 0.6 is 0 Å². The van der Waals surface area contributed by atoms with E-state index in [9.17, 15) is 14.0 Å². The van der Waals surface area contributed by atoms with Crippen molar-refractivity contribution in [3.63, 3.8) is 0 Å². The molecule has 5 aromatic rings. The van der Waals surface area contributed by atoms with Gasteiger partial charge in [0, 0.05) is 28.0 Å². The number of esters is 1. The molecule has 9 heteroatoms. The molecule has 0 unspecified atom stereocenters. The van der Waals surface area contributed by atoms with Gasteiger partial charge in [0.05, 0.1) is 38.1 Å². The Hall–Kier alpha value is -5.44. The second-order valence-corrected chi connectivity index (χ2v) is 11.1. The normalized spacial score (nSPS) is 13.1. The van der Waals surface area contributed by atoms with Crippen molar-refractivity contribution in [1.29, 1.82) is 0 Å². The van der Waals surface area contributed by atoms with E-state index in [4.69, 9.17) is 23.9 Å². The smallest absolute Gasteiger partial charge is 0.339 e. The molecule has 1 aliphatic rings. The van der Waals surface area contributed by atoms with E-state index in [0.717, 1.165) is 28.1 Å². The third kappa shape index (κ3) is 5.49. The second-order valence-electron chi connectivity index (χ2n) is 11.1. The van der Waals surface area contributed by atoms with Crippen LogP contribution in [0.1, 0.15) is 55.3 Å². The first-order valence-electron chi connectivity index (χ1n) is 14.8. The molecule has 0 bridgehead atoms. The number of nitrogens with zero attached hydrogens (tertiary/aromatic N) is 2. The molecule has 0 radical (unpaired) electrons. The van der Waals surface area contributed by atoms with Crippen molar-refractivity contribution >= 4 is 34.3 Å². The fourth-order valence-electron chi connectivity index (χ4n) is 6.21. The van der Waals surface area contributed by atoms with Crippen LogP contribution in [0.25, 0.3) is 28.2 Å². The maximum Gasteiger partial charge on any atom is 0.339 e. The summed E-state index contributed by atoms with van der Waals surface area (Å²) in [5, 5.41) is 0.669. The molecule has 2 heterocycles. The summed E-state index contributed by atoms with van der Waals surface area (Å²) in [5.41, 5.74) is 7.02. The van der Waals surface area contributed by atoms with Crippen molar-refractivity contribution in [2.75, 3.05) is 27.9 Å². The van der Waals surface area contributed by atoms with Crippen molar-refractivity contribution in [3.05, 3.63) is 112 Å². The molecule has 0 fully saturated rings. The predicted octanol–water partition coefficient (Wildman–Crippen LogP) is 7.33. The summed E-state index contributed by atoms with van der Waals surface area (Å²) in [6.45, 7) is 3.26. The van der Waals surface area contributed by atoms with Crippen molar-refractivity contribution in [3.8, 4) is 22.9 Å². The van der Waals surface area contributed by atoms with Gasteiger partial charge in [0.1, 0.15) is 5.82 Å². The van der Waals surface area contributed by atoms with Crippen LogP contribution in [0.3, 0.4) is 0 Å². The number of para-hydroxylation sites is 1. The van der Waals surface area contributed by atoms with Crippen LogP contribution in [0.4, 0.5) is 4.39 Å². The molecule has 0 aliphatic heterocycles. The van der Waals surface area contributed by atoms with Gasteiger partial charge in [0.15, 0.2) is 18.1 Å². The summed E-state index contributed by atoms with van der Waals surface area (Å²) in [5.74, 6) is 0.322. The minimum Gasteiger partial charge on any atom is -0.493 e. The molecule has 0 N–H and O–H groups in total. The zero-order valence-corrected chi connectivity index (χ0v) is 26.3. The van der Waals surface area contributed by atoms with E-state index < -0.39 is 12.6 Å². The fraction of sp³-hybridized carbons (Fsp3) is 0.216. The Labute approximate surface area is 266 Å². The van der Waals surface area contributed by atoms with Gasteiger partial charge in [0.25, 0.3) is 0 Å². The van der Waals surface area contributed by atoms with E-state index in [1.165, 1.54) is 12.1 Å². The summed E-state index contributed by atoms with van der Waals surface area (Å²) < 4.78 is 37.6. The van der Waals surface area contributed by atoms with E-state index in [1.54, 1.807) is 39.5 Å². The first-order valence-corrected chi connectivity index (χ1v) is 14.8. The number of ether oxygens (including phenoxy) is 4. The van der Waals surface area contributed by atoms with Gasteiger partial charge >= 0.3 is 5.97 Å². The lowest BCUT2D eigenvalue weighted by Gasteiger charge is -2.14. The first-order chi connectivity index (χ1) is 22.2. The Kier molecular flexibility index (Phi) is 8.32. The molecule has 46 heavy (non-hydrogen) atoms. The number of pyridine rings is 1. The number of Topliss-reactive ketones (excluding diaryl/α,β-unsaturated/α-hetero) is 1. The highest BCUT2D eigenvalue weighted by Gasteiger charge is 2.29. The van der Waals surface area contributed by atoms with Crippen LogP contribution in [-0.4, -0.2) is 49.2 Å². The van der Waals surface area contributed by atoms with Crippen molar-refractivity contribution in [1.82, 2.24) is 9.55 Å². The fourth-order valence-corrected chi connectivity index (χ4v) is 6.21. The summed E-state index contributed by atoms with van der Waals surface area (Å²) in [6.07, 6.45) is 3.25. The molecule has 1 aliphatic carbocycles. The SMILES string of the molecule is COc1cc(C=C2CCc3c2nc2ccccc2c3C(=O)OCC(=O)c2cc(C)n(-c3ccc(F)cc3)c2C)cc(OC)c1OC. The largest absolute Gasteiger partial charge is 0.493 e. The van der Waals surface area contributed by atoms with Crippen molar-refractivity contribution in [2.24, 2.45) is 0 Å². The van der Waals surface area contributed by atoms with Crippen LogP contribution in [-0.2, 0) is 11.2 Å². The number of allylic oxidation sites excluding steroid dienone is 1. The number of methoxy groups -OCH3 is 3. The first kappa shape index (κ1) is 30.6. The standard InChI is InChI=1S/C37H33FN2O6/c1-21-16-29(22(2)40(21)26-13-11-25(38)12-14-26)31(41)20-46-37(42)34-27-8-6-7-9-30(27)39-35-24(10-15-28(34)35)17-23-18-32(43-3)36(45-5)33(19-23)44-4/h6-9,11-14,16-19H,10,15,20H2,1-5H3. The lowest BCUT2D eigenvalue weighted by atomic mass is 10.0. The number of benzene rings is 3. The molecular formula is C37H33FN2O6. The number of carbonyl (C=O) groups is 2. The number of aromatic nitrogens is 2. The van der Waals surface area contributed by atoms with Gasteiger partial charge in [0.2, 0.25) is 11.5 Å². The average Bonchev–Trinajstić information content (AvgIpc) is 3.60. The summed E-state index contributed by atoms with van der Waals surface area (Å²) >= 11 is 0. The molecule has 0 spiro atoms. The summed E-state index contributed by atoms with van der Waals surface area (Å²) in [4.78, 5) is 32.1. The average molecular weight is 621 g/mol. The lowest BCUT2D eigenvalue weighted by Crippen LogP contribution is -2.17. The van der Waals surface area contributed by atoms with Crippen LogP contribution in [0.5, 0.6) is 17.2 Å². The van der Waals surface area contributed by atoms with Crippen LogP contribution in [0.15, 0.2) is 66.7 Å². The Morgan fingerprint density at radius 1 is 0.913 bits per heavy atom. The molecule has 8 nitrogen and oxygen atoms in total. The Morgan fingerprint density at radius 2 is 1.61 bits per heavy atom. The van der Waals surface area contributed by atoms with Gasteiger partial charge in [-0.3, -0.25) is 4.79 Å². The van der Waals surface area contributed by atoms with Crippen LogP contribution < -0.4 is 14.2 Å². The zero-order valence-electron chi connectivity index (χ0n) is 26.3. The quantitative estimate of drug-likeness (QED) is 0.126. The third-order valence-corrected chi connectivity index (χ3v) is 8.32. The number of hydrogen-bond acceptors (Lipinski definition) is 7. The minimum absolute atomic E-state index is 0.326. The van der Waals surface area contributed by atoms with Gasteiger partial charge < -0.3 is 23.5 Å². The Bertz CT molecular complexity index is 2000. The second kappa shape index (κ2) is 12.5. The van der Waals surface area contributed by atoms with Crippen molar-refractivity contribution < 1.29 is 32.9 Å². The molecule has 0 atom stereocenters. The van der Waals surface area contributed by atoms with Gasteiger partial charge in [-0.15, -0.1) is 0 Å². The van der Waals surface area contributed by atoms with E-state index >= 15 is 0 Å². The topological polar surface area (TPSA) is 88.9 Å². The third-order valence-electron chi connectivity index (χ3n) is 8.32. The summed E-state index contributed by atoms with van der Waals surface area (Å²) in [7, 11) is 4.69. The molecule has 234 valence electrons. The zero-order chi connectivity index (χ0) is 32.5. The number of ketones is 1. The predicted molar refractivity (Wildman–Crippen MR) is 174 cm³/mol. The number of aryl methyl sites for hydroxylation is 1. The number of carbonyl (C=O) groups excluding carboxylic acids is 2. The maximum absolute atomic E-state index is 13.8. The monoisotopic (exact) mass is 620 g/mol. The molecule has 0 amide bonds. The Morgan fingerprint density at radius 3 is 2.28 bits per heavy atom. The number of halogens is 1. The molecule has 2 aromatic heterocycles.